The molecule has 1 rings (SSSR count). The van der Waals surface area contributed by atoms with Crippen LogP contribution in [0.15, 0.2) is 0 Å². The Hall–Kier alpha value is -2.13. The Morgan fingerprint density at radius 2 is 2.05 bits per heavy atom. The zero-order valence-corrected chi connectivity index (χ0v) is 11.0. The van der Waals surface area contributed by atoms with Gasteiger partial charge in [-0.1, -0.05) is 0 Å². The predicted molar refractivity (Wildman–Crippen MR) is 63.7 cm³/mol. The summed E-state index contributed by atoms with van der Waals surface area (Å²) in [4.78, 5) is 17.4. The van der Waals surface area contributed by atoms with Crippen LogP contribution >= 0.6 is 0 Å². The maximum absolute atomic E-state index is 12.5. The van der Waals surface area contributed by atoms with Crippen molar-refractivity contribution >= 4 is 11.6 Å². The van der Waals surface area contributed by atoms with E-state index in [-0.39, 0.29) is 11.6 Å². The van der Waals surface area contributed by atoms with E-state index in [1.807, 2.05) is 0 Å². The first-order valence-electron chi connectivity index (χ1n) is 5.67. The summed E-state index contributed by atoms with van der Waals surface area (Å²) in [5, 5.41) is 13.5. The van der Waals surface area contributed by atoms with Gasteiger partial charge < -0.3 is 10.1 Å². The molecule has 0 spiro atoms. The molecule has 1 unspecified atom stereocenters. The van der Waals surface area contributed by atoms with Crippen molar-refractivity contribution in [3.05, 3.63) is 15.8 Å². The van der Waals surface area contributed by atoms with Gasteiger partial charge in [-0.2, -0.15) is 18.2 Å². The van der Waals surface area contributed by atoms with E-state index in [9.17, 15) is 23.3 Å². The van der Waals surface area contributed by atoms with Crippen molar-refractivity contribution in [3.63, 3.8) is 0 Å². The third-order valence-corrected chi connectivity index (χ3v) is 2.29. The van der Waals surface area contributed by atoms with E-state index in [0.29, 0.717) is 6.54 Å². The van der Waals surface area contributed by atoms with Gasteiger partial charge in [0.15, 0.2) is 6.10 Å². The Balaban J connectivity index is 3.23. The fraction of sp³-hybridized carbons (Fsp3) is 0.600. The lowest BCUT2D eigenvalue weighted by Gasteiger charge is -2.17. The minimum atomic E-state index is -4.65. The summed E-state index contributed by atoms with van der Waals surface area (Å²) >= 11 is 0. The number of nitrogens with zero attached hydrogens (tertiary/aromatic N) is 3. The summed E-state index contributed by atoms with van der Waals surface area (Å²) in [6.07, 6.45) is -6.87. The summed E-state index contributed by atoms with van der Waals surface area (Å²) in [5.41, 5.74) is -0.756. The minimum Gasteiger partial charge on any atom is -0.460 e. The van der Waals surface area contributed by atoms with Crippen LogP contribution in [0.4, 0.5) is 24.8 Å². The number of halogens is 3. The Labute approximate surface area is 112 Å². The third kappa shape index (κ3) is 3.68. The van der Waals surface area contributed by atoms with Gasteiger partial charge in [-0.15, -0.1) is 0 Å². The van der Waals surface area contributed by atoms with Gasteiger partial charge in [-0.25, -0.2) is 4.98 Å². The van der Waals surface area contributed by atoms with E-state index in [4.69, 9.17) is 0 Å². The van der Waals surface area contributed by atoms with Crippen LogP contribution in [0.1, 0.15) is 19.5 Å². The number of ether oxygens (including phenoxy) is 1. The smallest absolute Gasteiger partial charge is 0.425 e. The number of nitro groups is 1. The molecule has 0 bridgehead atoms. The lowest BCUT2D eigenvalue weighted by molar-refractivity contribution is -0.387. The highest BCUT2D eigenvalue weighted by Gasteiger charge is 2.40. The highest BCUT2D eigenvalue weighted by molar-refractivity contribution is 5.48. The molecule has 0 fully saturated rings. The van der Waals surface area contributed by atoms with Gasteiger partial charge in [0.2, 0.25) is 5.95 Å². The quantitative estimate of drug-likeness (QED) is 0.662. The van der Waals surface area contributed by atoms with E-state index in [1.54, 1.807) is 6.92 Å². The van der Waals surface area contributed by atoms with Crippen LogP contribution in [0.5, 0.6) is 5.88 Å². The third-order valence-electron chi connectivity index (χ3n) is 2.29. The Morgan fingerprint density at radius 1 is 1.45 bits per heavy atom. The molecule has 1 atom stereocenters. The largest absolute Gasteiger partial charge is 0.460 e. The van der Waals surface area contributed by atoms with Gasteiger partial charge >= 0.3 is 11.9 Å². The van der Waals surface area contributed by atoms with Crippen molar-refractivity contribution < 1.29 is 22.8 Å². The molecule has 0 amide bonds. The molecule has 0 saturated carbocycles. The maximum Gasteiger partial charge on any atom is 0.425 e. The topological polar surface area (TPSA) is 90.2 Å². The van der Waals surface area contributed by atoms with Crippen molar-refractivity contribution in [1.29, 1.82) is 0 Å². The standard InChI is InChI=1S/C10H13F3N4O3/c1-4-14-9-15-5(2)7(17(18)19)8(16-9)20-6(3)10(11,12)13/h6H,4H2,1-3H3,(H,14,15,16). The molecule has 0 saturated heterocycles. The molecule has 0 radical (unpaired) electrons. The lowest BCUT2D eigenvalue weighted by atomic mass is 10.3. The van der Waals surface area contributed by atoms with Gasteiger partial charge in [0, 0.05) is 6.54 Å². The summed E-state index contributed by atoms with van der Waals surface area (Å²) in [6.45, 7) is 4.17. The molecular formula is C10H13F3N4O3. The fourth-order valence-corrected chi connectivity index (χ4v) is 1.30. The van der Waals surface area contributed by atoms with Crippen LogP contribution < -0.4 is 10.1 Å². The summed E-state index contributed by atoms with van der Waals surface area (Å²) in [6, 6.07) is 0. The van der Waals surface area contributed by atoms with Gasteiger partial charge in [0.25, 0.3) is 5.88 Å². The van der Waals surface area contributed by atoms with Crippen LogP contribution in [0, 0.1) is 17.0 Å². The molecular weight excluding hydrogens is 281 g/mol. The monoisotopic (exact) mass is 294 g/mol. The number of hydrogen-bond acceptors (Lipinski definition) is 6. The highest BCUT2D eigenvalue weighted by atomic mass is 19.4. The van der Waals surface area contributed by atoms with Gasteiger partial charge in [0.05, 0.1) is 4.92 Å². The zero-order valence-electron chi connectivity index (χ0n) is 11.0. The predicted octanol–water partition coefficient (Wildman–Crippen LogP) is 2.45. The lowest BCUT2D eigenvalue weighted by Crippen LogP contribution is -2.31. The van der Waals surface area contributed by atoms with Crippen LogP contribution in [0.25, 0.3) is 0 Å². The fourth-order valence-electron chi connectivity index (χ4n) is 1.30. The number of anilines is 1. The molecule has 1 heterocycles. The van der Waals surface area contributed by atoms with E-state index >= 15 is 0 Å². The molecule has 1 aromatic heterocycles. The highest BCUT2D eigenvalue weighted by Crippen LogP contribution is 2.32. The molecule has 20 heavy (non-hydrogen) atoms. The Kier molecular flexibility index (Phi) is 4.69. The van der Waals surface area contributed by atoms with Crippen LogP contribution in [-0.4, -0.2) is 33.7 Å². The molecule has 1 aromatic rings. The average Bonchev–Trinajstić information content (AvgIpc) is 2.26. The second-order valence-electron chi connectivity index (χ2n) is 3.88. The van der Waals surface area contributed by atoms with Crippen molar-refractivity contribution in [3.8, 4) is 5.88 Å². The molecule has 7 nitrogen and oxygen atoms in total. The van der Waals surface area contributed by atoms with Crippen LogP contribution in [0.2, 0.25) is 0 Å². The van der Waals surface area contributed by atoms with Crippen molar-refractivity contribution in [1.82, 2.24) is 9.97 Å². The molecule has 1 N–H and O–H groups in total. The number of alkyl halides is 3. The number of aromatic nitrogens is 2. The zero-order chi connectivity index (χ0) is 15.5. The molecule has 112 valence electrons. The molecule has 0 aliphatic carbocycles. The summed E-state index contributed by atoms with van der Waals surface area (Å²) < 4.78 is 42.0. The molecule has 0 aliphatic heterocycles. The molecule has 10 heteroatoms. The van der Waals surface area contributed by atoms with Gasteiger partial charge in [0.1, 0.15) is 5.69 Å². The maximum atomic E-state index is 12.5. The van der Waals surface area contributed by atoms with Crippen LogP contribution in [0.3, 0.4) is 0 Å². The minimum absolute atomic E-state index is 0.0278. The Morgan fingerprint density at radius 3 is 2.50 bits per heavy atom. The van der Waals surface area contributed by atoms with Gasteiger partial charge in [-0.05, 0) is 20.8 Å². The van der Waals surface area contributed by atoms with Crippen molar-refractivity contribution in [2.45, 2.75) is 33.1 Å². The van der Waals surface area contributed by atoms with E-state index in [1.165, 1.54) is 6.92 Å². The van der Waals surface area contributed by atoms with Crippen molar-refractivity contribution in [2.75, 3.05) is 11.9 Å². The van der Waals surface area contributed by atoms with Gasteiger partial charge in [-0.3, -0.25) is 10.1 Å². The first kappa shape index (κ1) is 15.9. The average molecular weight is 294 g/mol. The Bertz CT molecular complexity index is 507. The second kappa shape index (κ2) is 5.88. The van der Waals surface area contributed by atoms with E-state index < -0.39 is 28.8 Å². The summed E-state index contributed by atoms with van der Waals surface area (Å²) in [7, 11) is 0. The van der Waals surface area contributed by atoms with Crippen LogP contribution in [-0.2, 0) is 0 Å². The molecule has 0 aromatic carbocycles. The second-order valence-corrected chi connectivity index (χ2v) is 3.88. The van der Waals surface area contributed by atoms with E-state index in [2.05, 4.69) is 20.0 Å². The SMILES string of the molecule is CCNc1nc(C)c([N+](=O)[O-])c(OC(C)C(F)(F)F)n1. The number of rotatable bonds is 5. The first-order valence-corrected chi connectivity index (χ1v) is 5.67. The number of hydrogen-bond donors (Lipinski definition) is 1. The normalized spacial score (nSPS) is 12.9. The first-order chi connectivity index (χ1) is 9.16. The summed E-state index contributed by atoms with van der Waals surface area (Å²) in [5.74, 6) is -0.733. The number of nitrogens with one attached hydrogen (secondary N) is 1. The van der Waals surface area contributed by atoms with Crippen molar-refractivity contribution in [2.24, 2.45) is 0 Å². The molecule has 0 aliphatic rings. The number of aryl methyl sites for hydroxylation is 1. The van der Waals surface area contributed by atoms with E-state index in [0.717, 1.165) is 6.92 Å².